The molecule has 3 heteroatoms. The minimum Gasteiger partial charge on any atom is -0.466 e. The van der Waals surface area contributed by atoms with E-state index in [1.807, 2.05) is 12.1 Å². The molecule has 0 radical (unpaired) electrons. The van der Waals surface area contributed by atoms with Crippen LogP contribution in [-0.2, 0) is 0 Å². The molecule has 0 aliphatic heterocycles. The van der Waals surface area contributed by atoms with Crippen LogP contribution in [0.25, 0.3) is 0 Å². The van der Waals surface area contributed by atoms with Crippen molar-refractivity contribution in [2.45, 2.75) is 32.4 Å². The molecule has 78 valence electrons. The first-order valence-corrected chi connectivity index (χ1v) is 5.54. The zero-order chi connectivity index (χ0) is 10.6. The molecule has 14 heavy (non-hydrogen) atoms. The first-order chi connectivity index (χ1) is 6.65. The third-order valence-corrected chi connectivity index (χ3v) is 2.75. The van der Waals surface area contributed by atoms with Crippen LogP contribution in [0.4, 0.5) is 0 Å². The molecule has 0 fully saturated rings. The Bertz CT molecular complexity index is 295. The zero-order valence-electron chi connectivity index (χ0n) is 8.59. The number of hydrogen-bond donors (Lipinski definition) is 1. The van der Waals surface area contributed by atoms with Crippen LogP contribution in [0.5, 0.6) is 0 Å². The smallest absolute Gasteiger partial charge is 0.134 e. The molecule has 2 atom stereocenters. The summed E-state index contributed by atoms with van der Waals surface area (Å²) in [7, 11) is 0. The topological polar surface area (TPSA) is 25.2 Å². The molecule has 2 nitrogen and oxygen atoms in total. The van der Waals surface area contributed by atoms with Gasteiger partial charge in [-0.2, -0.15) is 0 Å². The van der Waals surface area contributed by atoms with Gasteiger partial charge in [0, 0.05) is 6.04 Å². The summed E-state index contributed by atoms with van der Waals surface area (Å²) in [5.41, 5.74) is 0. The molecule has 0 saturated carbocycles. The lowest BCUT2D eigenvalue weighted by Crippen LogP contribution is -2.28. The van der Waals surface area contributed by atoms with E-state index in [0.29, 0.717) is 6.04 Å². The van der Waals surface area contributed by atoms with Crippen LogP contribution in [0.2, 0.25) is 0 Å². The van der Waals surface area contributed by atoms with E-state index in [4.69, 9.17) is 4.42 Å². The maximum absolute atomic E-state index is 5.37. The zero-order valence-corrected chi connectivity index (χ0v) is 10.2. The predicted octanol–water partition coefficient (Wildman–Crippen LogP) is 3.66. The summed E-state index contributed by atoms with van der Waals surface area (Å²) in [6, 6.07) is 2.54. The van der Waals surface area contributed by atoms with E-state index in [1.54, 1.807) is 6.26 Å². The van der Waals surface area contributed by atoms with Gasteiger partial charge in [-0.1, -0.05) is 6.08 Å². The van der Waals surface area contributed by atoms with Gasteiger partial charge in [0.25, 0.3) is 0 Å². The third kappa shape index (κ3) is 3.00. The minimum atomic E-state index is 0.217. The quantitative estimate of drug-likeness (QED) is 0.815. The molecule has 0 amide bonds. The van der Waals surface area contributed by atoms with E-state index in [2.05, 4.69) is 41.7 Å². The summed E-state index contributed by atoms with van der Waals surface area (Å²) >= 11 is 3.44. The van der Waals surface area contributed by atoms with Crippen molar-refractivity contribution in [1.29, 1.82) is 0 Å². The average Bonchev–Trinajstić information content (AvgIpc) is 2.51. The van der Waals surface area contributed by atoms with Crippen LogP contribution < -0.4 is 5.32 Å². The summed E-state index contributed by atoms with van der Waals surface area (Å²) in [4.78, 5) is 0. The molecule has 1 heterocycles. The molecule has 0 spiro atoms. The van der Waals surface area contributed by atoms with E-state index < -0.39 is 0 Å². The van der Waals surface area contributed by atoms with Crippen molar-refractivity contribution in [2.75, 3.05) is 0 Å². The predicted molar refractivity (Wildman–Crippen MR) is 62.2 cm³/mol. The highest BCUT2D eigenvalue weighted by Crippen LogP contribution is 2.24. The highest BCUT2D eigenvalue weighted by atomic mass is 79.9. The largest absolute Gasteiger partial charge is 0.466 e. The van der Waals surface area contributed by atoms with Gasteiger partial charge in [-0.15, -0.1) is 6.58 Å². The SMILES string of the molecule is C=CCC(C)NC(C)c1occc1Br. The van der Waals surface area contributed by atoms with E-state index in [-0.39, 0.29) is 6.04 Å². The second-order valence-corrected chi connectivity index (χ2v) is 4.30. The Morgan fingerprint density at radius 2 is 2.36 bits per heavy atom. The van der Waals surface area contributed by atoms with Gasteiger partial charge in [0.1, 0.15) is 5.76 Å². The fourth-order valence-corrected chi connectivity index (χ4v) is 1.98. The molecule has 0 aliphatic rings. The van der Waals surface area contributed by atoms with Crippen molar-refractivity contribution in [3.05, 3.63) is 35.2 Å². The van der Waals surface area contributed by atoms with Crippen LogP contribution in [0.3, 0.4) is 0 Å². The molecule has 1 aromatic rings. The fraction of sp³-hybridized carbons (Fsp3) is 0.455. The molecule has 1 aromatic heterocycles. The number of halogens is 1. The van der Waals surface area contributed by atoms with Gasteiger partial charge in [-0.25, -0.2) is 0 Å². The van der Waals surface area contributed by atoms with Crippen molar-refractivity contribution in [1.82, 2.24) is 5.32 Å². The molecule has 0 aromatic carbocycles. The van der Waals surface area contributed by atoms with Crippen LogP contribution in [0.1, 0.15) is 32.1 Å². The molecular formula is C11H16BrNO. The summed E-state index contributed by atoms with van der Waals surface area (Å²) in [6.45, 7) is 7.94. The first kappa shape index (κ1) is 11.5. The Kier molecular flexibility index (Phi) is 4.42. The lowest BCUT2D eigenvalue weighted by Gasteiger charge is -2.17. The van der Waals surface area contributed by atoms with Crippen molar-refractivity contribution in [3.63, 3.8) is 0 Å². The van der Waals surface area contributed by atoms with Gasteiger partial charge < -0.3 is 9.73 Å². The number of rotatable bonds is 5. The number of furan rings is 1. The Morgan fingerprint density at radius 3 is 2.86 bits per heavy atom. The van der Waals surface area contributed by atoms with Crippen LogP contribution in [0, 0.1) is 0 Å². The lowest BCUT2D eigenvalue weighted by atomic mass is 10.2. The van der Waals surface area contributed by atoms with Gasteiger partial charge in [0.15, 0.2) is 0 Å². The molecular weight excluding hydrogens is 242 g/mol. The molecule has 0 aliphatic carbocycles. The van der Waals surface area contributed by atoms with E-state index in [9.17, 15) is 0 Å². The van der Waals surface area contributed by atoms with Gasteiger partial charge in [-0.3, -0.25) is 0 Å². The van der Waals surface area contributed by atoms with E-state index in [0.717, 1.165) is 16.7 Å². The average molecular weight is 258 g/mol. The normalized spacial score (nSPS) is 15.1. The highest BCUT2D eigenvalue weighted by molar-refractivity contribution is 9.10. The Balaban J connectivity index is 2.54. The summed E-state index contributed by atoms with van der Waals surface area (Å²) < 4.78 is 6.39. The molecule has 1 N–H and O–H groups in total. The monoisotopic (exact) mass is 257 g/mol. The minimum absolute atomic E-state index is 0.217. The molecule has 0 saturated heterocycles. The van der Waals surface area contributed by atoms with Crippen LogP contribution in [0.15, 0.2) is 33.9 Å². The molecule has 1 rings (SSSR count). The number of nitrogens with one attached hydrogen (secondary N) is 1. The van der Waals surface area contributed by atoms with Gasteiger partial charge in [0.05, 0.1) is 16.8 Å². The highest BCUT2D eigenvalue weighted by Gasteiger charge is 2.14. The van der Waals surface area contributed by atoms with Crippen molar-refractivity contribution >= 4 is 15.9 Å². The number of hydrogen-bond acceptors (Lipinski definition) is 2. The second kappa shape index (κ2) is 5.37. The Morgan fingerprint density at radius 1 is 1.64 bits per heavy atom. The summed E-state index contributed by atoms with van der Waals surface area (Å²) in [6.07, 6.45) is 4.57. The fourth-order valence-electron chi connectivity index (χ4n) is 1.43. The summed E-state index contributed by atoms with van der Waals surface area (Å²) in [5, 5.41) is 3.43. The maximum atomic E-state index is 5.37. The van der Waals surface area contributed by atoms with E-state index in [1.165, 1.54) is 0 Å². The Labute approximate surface area is 93.5 Å². The third-order valence-electron chi connectivity index (χ3n) is 2.09. The van der Waals surface area contributed by atoms with Crippen molar-refractivity contribution in [3.8, 4) is 0 Å². The van der Waals surface area contributed by atoms with E-state index >= 15 is 0 Å². The maximum Gasteiger partial charge on any atom is 0.134 e. The first-order valence-electron chi connectivity index (χ1n) is 4.75. The molecule has 2 unspecified atom stereocenters. The van der Waals surface area contributed by atoms with Crippen molar-refractivity contribution in [2.24, 2.45) is 0 Å². The van der Waals surface area contributed by atoms with Crippen LogP contribution in [-0.4, -0.2) is 6.04 Å². The Hall–Kier alpha value is -0.540. The lowest BCUT2D eigenvalue weighted by molar-refractivity contribution is 0.397. The second-order valence-electron chi connectivity index (χ2n) is 3.45. The van der Waals surface area contributed by atoms with Crippen molar-refractivity contribution < 1.29 is 4.42 Å². The summed E-state index contributed by atoms with van der Waals surface area (Å²) in [5.74, 6) is 0.945. The van der Waals surface area contributed by atoms with Crippen LogP contribution >= 0.6 is 15.9 Å². The van der Waals surface area contributed by atoms with Gasteiger partial charge >= 0.3 is 0 Å². The van der Waals surface area contributed by atoms with Gasteiger partial charge in [-0.05, 0) is 42.3 Å². The molecule has 0 bridgehead atoms. The standard InChI is InChI=1S/C11H16BrNO/c1-4-5-8(2)13-9(3)11-10(12)6-7-14-11/h4,6-9,13H,1,5H2,2-3H3. The van der Waals surface area contributed by atoms with Gasteiger partial charge in [0.2, 0.25) is 0 Å².